The molecule has 2 aromatic carbocycles. The van der Waals surface area contributed by atoms with Gasteiger partial charge >= 0.3 is 0 Å². The van der Waals surface area contributed by atoms with Crippen molar-refractivity contribution < 1.29 is 4.79 Å². The highest BCUT2D eigenvalue weighted by molar-refractivity contribution is 7.98. The molecule has 3 heterocycles. The molecule has 0 aliphatic carbocycles. The summed E-state index contributed by atoms with van der Waals surface area (Å²) in [6.07, 6.45) is 1.80. The smallest absolute Gasteiger partial charge is 0.253 e. The van der Waals surface area contributed by atoms with Gasteiger partial charge in [0.25, 0.3) is 5.91 Å². The average Bonchev–Trinajstić information content (AvgIpc) is 2.94. The van der Waals surface area contributed by atoms with Crippen LogP contribution in [0.3, 0.4) is 0 Å². The second-order valence-electron chi connectivity index (χ2n) is 6.09. The number of thioether (sulfide) groups is 1. The van der Waals surface area contributed by atoms with Gasteiger partial charge in [-0.15, -0.1) is 0 Å². The molecule has 6 nitrogen and oxygen atoms in total. The predicted octanol–water partition coefficient (Wildman–Crippen LogP) is 3.02. The first-order chi connectivity index (χ1) is 12.8. The zero-order valence-electron chi connectivity index (χ0n) is 13.8. The standard InChI is InChI=1S/C19H15N5OS/c25-19-12-4-3-7-15-18(12)24(9-8-20-19)16(22-15)11-26-17-10-21-13-5-1-2-6-14(13)23-17/h1-7,10H,8-9,11H2,(H,20,25). The normalized spacial score (nSPS) is 13.8. The summed E-state index contributed by atoms with van der Waals surface area (Å²) >= 11 is 1.61. The molecule has 0 spiro atoms. The minimum atomic E-state index is -0.0335. The fourth-order valence-corrected chi connectivity index (χ4v) is 4.08. The van der Waals surface area contributed by atoms with Gasteiger partial charge in [0.15, 0.2) is 0 Å². The molecule has 26 heavy (non-hydrogen) atoms. The third-order valence-corrected chi connectivity index (χ3v) is 5.38. The molecule has 5 rings (SSSR count). The number of fused-ring (bicyclic) bond motifs is 1. The van der Waals surface area contributed by atoms with Gasteiger partial charge in [0.2, 0.25) is 0 Å². The van der Waals surface area contributed by atoms with E-state index in [-0.39, 0.29) is 5.91 Å². The van der Waals surface area contributed by atoms with Crippen molar-refractivity contribution in [3.8, 4) is 0 Å². The van der Waals surface area contributed by atoms with Crippen molar-refractivity contribution in [2.45, 2.75) is 17.3 Å². The molecule has 128 valence electrons. The molecule has 1 amide bonds. The average molecular weight is 361 g/mol. The molecule has 1 aliphatic rings. The first kappa shape index (κ1) is 15.3. The molecule has 0 atom stereocenters. The lowest BCUT2D eigenvalue weighted by Crippen LogP contribution is -2.24. The quantitative estimate of drug-likeness (QED) is 0.568. The Bertz CT molecular complexity index is 1150. The summed E-state index contributed by atoms with van der Waals surface area (Å²) in [7, 11) is 0. The molecule has 1 N–H and O–H groups in total. The lowest BCUT2D eigenvalue weighted by Gasteiger charge is -2.07. The molecule has 2 aromatic heterocycles. The number of nitrogens with zero attached hydrogens (tertiary/aromatic N) is 4. The number of hydrogen-bond acceptors (Lipinski definition) is 5. The van der Waals surface area contributed by atoms with Gasteiger partial charge in [-0.1, -0.05) is 30.0 Å². The molecule has 0 saturated carbocycles. The topological polar surface area (TPSA) is 72.7 Å². The first-order valence-corrected chi connectivity index (χ1v) is 9.39. The number of hydrogen-bond donors (Lipinski definition) is 1. The number of para-hydroxylation sites is 3. The van der Waals surface area contributed by atoms with Gasteiger partial charge in [-0.2, -0.15) is 0 Å². The van der Waals surface area contributed by atoms with Gasteiger partial charge in [0.05, 0.1) is 39.6 Å². The lowest BCUT2D eigenvalue weighted by atomic mass is 10.2. The fourth-order valence-electron chi connectivity index (χ4n) is 3.29. The molecule has 7 heteroatoms. The van der Waals surface area contributed by atoms with E-state index in [4.69, 9.17) is 4.98 Å². The van der Waals surface area contributed by atoms with Crippen molar-refractivity contribution >= 4 is 39.7 Å². The number of nitrogens with one attached hydrogen (secondary N) is 1. The Morgan fingerprint density at radius 1 is 1.04 bits per heavy atom. The van der Waals surface area contributed by atoms with Crippen molar-refractivity contribution in [2.75, 3.05) is 6.54 Å². The Balaban J connectivity index is 1.50. The van der Waals surface area contributed by atoms with Crippen LogP contribution in [0.25, 0.3) is 22.1 Å². The SMILES string of the molecule is O=C1NCCn2c(CSc3cnc4ccccc4n3)nc3cccc1c32. The minimum Gasteiger partial charge on any atom is -0.350 e. The highest BCUT2D eigenvalue weighted by Crippen LogP contribution is 2.27. The molecule has 0 radical (unpaired) electrons. The van der Waals surface area contributed by atoms with Crippen LogP contribution < -0.4 is 5.32 Å². The zero-order chi connectivity index (χ0) is 17.5. The van der Waals surface area contributed by atoms with Crippen molar-refractivity contribution in [3.63, 3.8) is 0 Å². The maximum Gasteiger partial charge on any atom is 0.253 e. The van der Waals surface area contributed by atoms with E-state index in [1.165, 1.54) is 0 Å². The third kappa shape index (κ3) is 2.52. The molecule has 0 unspecified atom stereocenters. The Labute approximate surface area is 153 Å². The number of amides is 1. The number of carbonyl (C=O) groups is 1. The maximum atomic E-state index is 12.2. The van der Waals surface area contributed by atoms with Crippen LogP contribution >= 0.6 is 11.8 Å². The van der Waals surface area contributed by atoms with E-state index in [9.17, 15) is 4.79 Å². The van der Waals surface area contributed by atoms with Crippen molar-refractivity contribution in [1.82, 2.24) is 24.8 Å². The highest BCUT2D eigenvalue weighted by atomic mass is 32.2. The lowest BCUT2D eigenvalue weighted by molar-refractivity contribution is 0.0956. The van der Waals surface area contributed by atoms with E-state index in [2.05, 4.69) is 19.9 Å². The Morgan fingerprint density at radius 2 is 1.88 bits per heavy atom. The number of aromatic nitrogens is 4. The molecular formula is C19H15N5OS. The van der Waals surface area contributed by atoms with Crippen LogP contribution in [-0.4, -0.2) is 32.0 Å². The van der Waals surface area contributed by atoms with E-state index in [0.29, 0.717) is 17.9 Å². The van der Waals surface area contributed by atoms with Crippen LogP contribution in [0.4, 0.5) is 0 Å². The summed E-state index contributed by atoms with van der Waals surface area (Å²) in [5, 5.41) is 3.81. The van der Waals surface area contributed by atoms with Gasteiger partial charge in [-0.25, -0.2) is 9.97 Å². The molecular weight excluding hydrogens is 346 g/mol. The predicted molar refractivity (Wildman–Crippen MR) is 101 cm³/mol. The highest BCUT2D eigenvalue weighted by Gasteiger charge is 2.21. The van der Waals surface area contributed by atoms with Gasteiger partial charge in [0, 0.05) is 13.1 Å². The van der Waals surface area contributed by atoms with Gasteiger partial charge in [-0.3, -0.25) is 9.78 Å². The van der Waals surface area contributed by atoms with Crippen molar-refractivity contribution in [1.29, 1.82) is 0 Å². The second-order valence-corrected chi connectivity index (χ2v) is 7.09. The summed E-state index contributed by atoms with van der Waals surface area (Å²) in [6.45, 7) is 1.32. The Morgan fingerprint density at radius 3 is 2.81 bits per heavy atom. The van der Waals surface area contributed by atoms with E-state index in [1.54, 1.807) is 18.0 Å². The van der Waals surface area contributed by atoms with Gasteiger partial charge in [-0.05, 0) is 24.3 Å². The molecule has 0 fully saturated rings. The molecule has 0 bridgehead atoms. The van der Waals surface area contributed by atoms with E-state index >= 15 is 0 Å². The first-order valence-electron chi connectivity index (χ1n) is 8.40. The van der Waals surface area contributed by atoms with Crippen molar-refractivity contribution in [2.24, 2.45) is 0 Å². The third-order valence-electron chi connectivity index (χ3n) is 4.49. The summed E-state index contributed by atoms with van der Waals surface area (Å²) in [5.41, 5.74) is 4.25. The summed E-state index contributed by atoms with van der Waals surface area (Å²) in [5.74, 6) is 1.59. The van der Waals surface area contributed by atoms with Gasteiger partial charge in [0.1, 0.15) is 10.9 Å². The second kappa shape index (κ2) is 6.10. The number of rotatable bonds is 3. The van der Waals surface area contributed by atoms with Crippen LogP contribution in [0.2, 0.25) is 0 Å². The number of carbonyl (C=O) groups excluding carboxylic acids is 1. The van der Waals surface area contributed by atoms with Crippen LogP contribution in [-0.2, 0) is 12.3 Å². The largest absolute Gasteiger partial charge is 0.350 e. The van der Waals surface area contributed by atoms with E-state index in [1.807, 2.05) is 42.5 Å². The van der Waals surface area contributed by atoms with Crippen LogP contribution in [0.15, 0.2) is 53.7 Å². The van der Waals surface area contributed by atoms with Gasteiger partial charge < -0.3 is 9.88 Å². The van der Waals surface area contributed by atoms with Crippen LogP contribution in [0.1, 0.15) is 16.2 Å². The zero-order valence-corrected chi connectivity index (χ0v) is 14.7. The van der Waals surface area contributed by atoms with Crippen LogP contribution in [0, 0.1) is 0 Å². The summed E-state index contributed by atoms with van der Waals surface area (Å²) < 4.78 is 2.14. The monoisotopic (exact) mass is 361 g/mol. The van der Waals surface area contributed by atoms with Crippen LogP contribution in [0.5, 0.6) is 0 Å². The summed E-state index contributed by atoms with van der Waals surface area (Å²) in [4.78, 5) is 26.1. The Hall–Kier alpha value is -2.93. The van der Waals surface area contributed by atoms with Crippen molar-refractivity contribution in [3.05, 3.63) is 60.0 Å². The number of imidazole rings is 1. The van der Waals surface area contributed by atoms with E-state index in [0.717, 1.165) is 39.5 Å². The summed E-state index contributed by atoms with van der Waals surface area (Å²) in [6, 6.07) is 13.5. The number of benzene rings is 2. The fraction of sp³-hybridized carbons (Fsp3) is 0.158. The molecule has 4 aromatic rings. The molecule has 1 aliphatic heterocycles. The molecule has 0 saturated heterocycles. The maximum absolute atomic E-state index is 12.2. The minimum absolute atomic E-state index is 0.0335. The van der Waals surface area contributed by atoms with E-state index < -0.39 is 0 Å². The Kier molecular flexibility index (Phi) is 3.60.